The van der Waals surface area contributed by atoms with E-state index in [9.17, 15) is 10.1 Å². The molecule has 2 heterocycles. The maximum atomic E-state index is 12.2. The number of aromatic amines is 1. The van der Waals surface area contributed by atoms with Crippen molar-refractivity contribution in [2.24, 2.45) is 0 Å². The average molecular weight is 432 g/mol. The molecule has 0 saturated carbocycles. The van der Waals surface area contributed by atoms with E-state index in [0.29, 0.717) is 50.5 Å². The van der Waals surface area contributed by atoms with Crippen LogP contribution in [0.25, 0.3) is 22.6 Å². The number of nitrogens with one attached hydrogen (secondary N) is 1. The average Bonchev–Trinajstić information content (AvgIpc) is 3.12. The first-order chi connectivity index (χ1) is 15.0. The molecule has 0 aliphatic heterocycles. The molecule has 2 aromatic heterocycles. The lowest BCUT2D eigenvalue weighted by atomic mass is 10.00. The molecule has 7 heteroatoms. The van der Waals surface area contributed by atoms with E-state index in [4.69, 9.17) is 20.8 Å². The highest BCUT2D eigenvalue weighted by atomic mass is 35.5. The van der Waals surface area contributed by atoms with E-state index < -0.39 is 5.56 Å². The number of hydrogen-bond donors (Lipinski definition) is 1. The zero-order chi connectivity index (χ0) is 22.0. The molecule has 0 unspecified atom stereocenters. The molecule has 2 aromatic carbocycles. The van der Waals surface area contributed by atoms with Crippen LogP contribution in [0, 0.1) is 25.2 Å². The molecule has 0 saturated heterocycles. The number of H-pyrrole nitrogens is 1. The molecule has 0 atom stereocenters. The Morgan fingerprint density at radius 2 is 1.81 bits per heavy atom. The van der Waals surface area contributed by atoms with E-state index in [2.05, 4.69) is 9.97 Å². The molecule has 0 radical (unpaired) electrons. The highest BCUT2D eigenvalue weighted by molar-refractivity contribution is 6.33. The Labute approximate surface area is 183 Å². The van der Waals surface area contributed by atoms with Gasteiger partial charge in [-0.25, -0.2) is 4.98 Å². The predicted molar refractivity (Wildman–Crippen MR) is 118 cm³/mol. The van der Waals surface area contributed by atoms with Crippen molar-refractivity contribution in [3.8, 4) is 34.4 Å². The number of hydrogen-bond acceptors (Lipinski definition) is 5. The summed E-state index contributed by atoms with van der Waals surface area (Å²) < 4.78 is 11.8. The molecule has 154 valence electrons. The van der Waals surface area contributed by atoms with E-state index in [1.807, 2.05) is 49.4 Å². The second-order valence-corrected chi connectivity index (χ2v) is 7.38. The second-order valence-electron chi connectivity index (χ2n) is 6.97. The van der Waals surface area contributed by atoms with Gasteiger partial charge in [-0.1, -0.05) is 41.9 Å². The molecule has 1 N–H and O–H groups in total. The Balaban J connectivity index is 1.66. The molecule has 4 rings (SSSR count). The van der Waals surface area contributed by atoms with Gasteiger partial charge in [0.2, 0.25) is 5.89 Å². The van der Waals surface area contributed by atoms with Crippen molar-refractivity contribution < 1.29 is 9.15 Å². The minimum absolute atomic E-state index is 0.0419. The third-order valence-corrected chi connectivity index (χ3v) is 5.15. The lowest BCUT2D eigenvalue weighted by Gasteiger charge is -2.12. The van der Waals surface area contributed by atoms with Crippen molar-refractivity contribution in [3.63, 3.8) is 0 Å². The maximum absolute atomic E-state index is 12.2. The van der Waals surface area contributed by atoms with Gasteiger partial charge in [0.25, 0.3) is 5.56 Å². The predicted octanol–water partition coefficient (Wildman–Crippen LogP) is 5.42. The molecule has 0 spiro atoms. The Morgan fingerprint density at radius 3 is 2.55 bits per heavy atom. The summed E-state index contributed by atoms with van der Waals surface area (Å²) in [6, 6.07) is 18.3. The highest BCUT2D eigenvalue weighted by Crippen LogP contribution is 2.33. The summed E-state index contributed by atoms with van der Waals surface area (Å²) in [4.78, 5) is 19.4. The molecular weight excluding hydrogens is 414 g/mol. The summed E-state index contributed by atoms with van der Waals surface area (Å²) in [5.74, 6) is 1.58. The topological polar surface area (TPSA) is 91.9 Å². The Morgan fingerprint density at radius 1 is 1.10 bits per heavy atom. The summed E-state index contributed by atoms with van der Waals surface area (Å²) in [5, 5.41) is 10.0. The lowest BCUT2D eigenvalue weighted by Crippen LogP contribution is -2.13. The zero-order valence-electron chi connectivity index (χ0n) is 16.9. The van der Waals surface area contributed by atoms with Crippen LogP contribution in [0.15, 0.2) is 63.8 Å². The molecule has 4 aromatic rings. The van der Waals surface area contributed by atoms with Gasteiger partial charge in [0.15, 0.2) is 0 Å². The summed E-state index contributed by atoms with van der Waals surface area (Å²) in [6.45, 7) is 3.73. The number of nitrogens with zero attached hydrogens (tertiary/aromatic N) is 2. The van der Waals surface area contributed by atoms with Gasteiger partial charge in [-0.05, 0) is 38.1 Å². The van der Waals surface area contributed by atoms with Crippen LogP contribution in [-0.2, 0) is 6.61 Å². The highest BCUT2D eigenvalue weighted by Gasteiger charge is 2.17. The largest absolute Gasteiger partial charge is 0.487 e. The number of nitriles is 1. The molecular formula is C24H18ClN3O3. The lowest BCUT2D eigenvalue weighted by molar-refractivity contribution is 0.300. The van der Waals surface area contributed by atoms with E-state index >= 15 is 0 Å². The van der Waals surface area contributed by atoms with Crippen LogP contribution in [-0.4, -0.2) is 9.97 Å². The molecule has 0 fully saturated rings. The van der Waals surface area contributed by atoms with Crippen molar-refractivity contribution in [1.29, 1.82) is 5.26 Å². The number of aryl methyl sites for hydroxylation is 2. The van der Waals surface area contributed by atoms with Crippen LogP contribution in [0.2, 0.25) is 5.02 Å². The number of pyridine rings is 1. The minimum Gasteiger partial charge on any atom is -0.487 e. The van der Waals surface area contributed by atoms with Crippen molar-refractivity contribution in [2.75, 3.05) is 0 Å². The number of aromatic nitrogens is 2. The molecule has 0 aliphatic carbocycles. The van der Waals surface area contributed by atoms with Crippen LogP contribution in [0.3, 0.4) is 0 Å². The van der Waals surface area contributed by atoms with Gasteiger partial charge in [0.1, 0.15) is 35.4 Å². The maximum Gasteiger partial charge on any atom is 0.266 e. The number of benzene rings is 2. The van der Waals surface area contributed by atoms with Gasteiger partial charge in [-0.2, -0.15) is 5.26 Å². The van der Waals surface area contributed by atoms with E-state index in [0.717, 1.165) is 0 Å². The molecule has 0 bridgehead atoms. The van der Waals surface area contributed by atoms with Crippen LogP contribution < -0.4 is 10.3 Å². The van der Waals surface area contributed by atoms with E-state index in [1.165, 1.54) is 0 Å². The summed E-state index contributed by atoms with van der Waals surface area (Å²) in [6.07, 6.45) is 0. The first kappa shape index (κ1) is 20.5. The summed E-state index contributed by atoms with van der Waals surface area (Å²) in [5.41, 5.74) is 2.78. The molecule has 6 nitrogen and oxygen atoms in total. The number of oxazole rings is 1. The number of halogens is 1. The third-order valence-electron chi connectivity index (χ3n) is 4.82. The van der Waals surface area contributed by atoms with Crippen LogP contribution >= 0.6 is 11.6 Å². The number of para-hydroxylation sites is 1. The Kier molecular flexibility index (Phi) is 5.61. The van der Waals surface area contributed by atoms with Gasteiger partial charge < -0.3 is 14.1 Å². The van der Waals surface area contributed by atoms with Gasteiger partial charge in [-0.3, -0.25) is 4.79 Å². The standard InChI is InChI=1S/C24H18ClN3O3/c1-14-11-18(19(12-26)23(29)27-14)16-7-4-6-10-22(16)30-13-21-15(2)31-24(28-21)17-8-3-5-9-20(17)25/h3-11H,13H2,1-2H3,(H,27,29). The zero-order valence-corrected chi connectivity index (χ0v) is 17.7. The smallest absolute Gasteiger partial charge is 0.266 e. The minimum atomic E-state index is -0.427. The fourth-order valence-electron chi connectivity index (χ4n) is 3.28. The monoisotopic (exact) mass is 431 g/mol. The number of ether oxygens (including phenoxy) is 1. The summed E-state index contributed by atoms with van der Waals surface area (Å²) >= 11 is 6.25. The van der Waals surface area contributed by atoms with Crippen molar-refractivity contribution in [2.45, 2.75) is 20.5 Å². The first-order valence-electron chi connectivity index (χ1n) is 9.55. The van der Waals surface area contributed by atoms with Gasteiger partial charge >= 0.3 is 0 Å². The quantitative estimate of drug-likeness (QED) is 0.455. The third kappa shape index (κ3) is 4.09. The Hall–Kier alpha value is -3.82. The van der Waals surface area contributed by atoms with Crippen LogP contribution in [0.4, 0.5) is 0 Å². The molecule has 0 aliphatic rings. The first-order valence-corrected chi connectivity index (χ1v) is 9.93. The fraction of sp³-hybridized carbons (Fsp3) is 0.125. The van der Waals surface area contributed by atoms with Crippen molar-refractivity contribution >= 4 is 11.6 Å². The van der Waals surface area contributed by atoms with Crippen molar-refractivity contribution in [1.82, 2.24) is 9.97 Å². The van der Waals surface area contributed by atoms with Gasteiger partial charge in [0, 0.05) is 16.8 Å². The van der Waals surface area contributed by atoms with Gasteiger partial charge in [-0.15, -0.1) is 0 Å². The molecule has 31 heavy (non-hydrogen) atoms. The number of rotatable bonds is 5. The van der Waals surface area contributed by atoms with E-state index in [-0.39, 0.29) is 12.2 Å². The fourth-order valence-corrected chi connectivity index (χ4v) is 3.50. The summed E-state index contributed by atoms with van der Waals surface area (Å²) in [7, 11) is 0. The Bertz CT molecular complexity index is 1370. The second kappa shape index (κ2) is 8.50. The van der Waals surface area contributed by atoms with Crippen LogP contribution in [0.5, 0.6) is 5.75 Å². The van der Waals surface area contributed by atoms with E-state index in [1.54, 1.807) is 25.1 Å². The van der Waals surface area contributed by atoms with Crippen LogP contribution in [0.1, 0.15) is 22.7 Å². The molecule has 0 amide bonds. The normalized spacial score (nSPS) is 10.6. The van der Waals surface area contributed by atoms with Gasteiger partial charge in [0.05, 0.1) is 10.6 Å². The SMILES string of the molecule is Cc1cc(-c2ccccc2OCc2nc(-c3ccccc3Cl)oc2C)c(C#N)c(=O)[nH]1. The van der Waals surface area contributed by atoms with Crippen molar-refractivity contribution in [3.05, 3.63) is 92.7 Å².